The van der Waals surface area contributed by atoms with Crippen LogP contribution in [0.2, 0.25) is 5.15 Å². The second-order valence-electron chi connectivity index (χ2n) is 8.35. The van der Waals surface area contributed by atoms with Gasteiger partial charge in [-0.15, -0.1) is 0 Å². The summed E-state index contributed by atoms with van der Waals surface area (Å²) in [5, 5.41) is 3.19. The first-order chi connectivity index (χ1) is 16.9. The summed E-state index contributed by atoms with van der Waals surface area (Å²) in [4.78, 5) is 41.5. The number of carbonyl (C=O) groups excluding carboxylic acids is 2. The van der Waals surface area contributed by atoms with Crippen molar-refractivity contribution >= 4 is 29.2 Å². The minimum atomic E-state index is -0.301. The number of carbonyl (C=O) groups is 2. The molecule has 0 aliphatic carbocycles. The molecule has 1 N–H and O–H groups in total. The van der Waals surface area contributed by atoms with Crippen LogP contribution in [0, 0.1) is 6.92 Å². The van der Waals surface area contributed by atoms with Gasteiger partial charge in [0.2, 0.25) is 17.8 Å². The van der Waals surface area contributed by atoms with Crippen LogP contribution in [-0.4, -0.2) is 75.1 Å². The molecule has 184 valence electrons. The monoisotopic (exact) mass is 497 g/mol. The Morgan fingerprint density at radius 2 is 2.00 bits per heavy atom. The normalized spacial score (nSPS) is 15.7. The molecule has 2 amide bonds. The van der Waals surface area contributed by atoms with Crippen molar-refractivity contribution in [2.75, 3.05) is 37.7 Å². The van der Waals surface area contributed by atoms with E-state index in [2.05, 4.69) is 20.3 Å². The lowest BCUT2D eigenvalue weighted by molar-refractivity contribution is -0.133. The Morgan fingerprint density at radius 1 is 1.20 bits per heavy atom. The molecule has 1 fully saturated rings. The molecular weight excluding hydrogens is 470 g/mol. The van der Waals surface area contributed by atoms with Crippen LogP contribution in [0.4, 0.5) is 5.82 Å². The molecule has 0 bridgehead atoms. The highest BCUT2D eigenvalue weighted by Crippen LogP contribution is 2.22. The first-order valence-corrected chi connectivity index (χ1v) is 11.8. The molecule has 1 aliphatic rings. The van der Waals surface area contributed by atoms with Crippen molar-refractivity contribution in [3.05, 3.63) is 59.8 Å². The van der Waals surface area contributed by atoms with Crippen molar-refractivity contribution in [3.63, 3.8) is 0 Å². The number of benzene rings is 1. The van der Waals surface area contributed by atoms with Gasteiger partial charge >= 0.3 is 0 Å². The maximum Gasteiger partial charge on any atom is 0.238 e. The molecule has 4 rings (SSSR count). The number of aromatic nitrogens is 4. The van der Waals surface area contributed by atoms with Crippen molar-refractivity contribution in [1.82, 2.24) is 29.7 Å². The first kappa shape index (κ1) is 24.5. The summed E-state index contributed by atoms with van der Waals surface area (Å²) in [6.45, 7) is 5.76. The number of nitrogens with one attached hydrogen (secondary N) is 1. The van der Waals surface area contributed by atoms with Gasteiger partial charge in [-0.2, -0.15) is 4.98 Å². The highest BCUT2D eigenvalue weighted by molar-refractivity contribution is 6.29. The van der Waals surface area contributed by atoms with Gasteiger partial charge in [0, 0.05) is 51.4 Å². The molecular formula is C24H28ClN7O3. The van der Waals surface area contributed by atoms with Crippen LogP contribution in [0.3, 0.4) is 0 Å². The minimum Gasteiger partial charge on any atom is -0.492 e. The maximum absolute atomic E-state index is 12.7. The Balaban J connectivity index is 1.36. The van der Waals surface area contributed by atoms with Crippen molar-refractivity contribution in [2.45, 2.75) is 26.3 Å². The number of hydrogen-bond donors (Lipinski definition) is 1. The number of nitrogens with zero attached hydrogens (tertiary/aromatic N) is 6. The fraction of sp³-hybridized carbons (Fsp3) is 0.375. The molecule has 35 heavy (non-hydrogen) atoms. The zero-order valence-corrected chi connectivity index (χ0v) is 20.5. The number of hydrogen-bond acceptors (Lipinski definition) is 7. The lowest BCUT2D eigenvalue weighted by Crippen LogP contribution is -2.56. The molecule has 3 heterocycles. The fourth-order valence-electron chi connectivity index (χ4n) is 3.98. The maximum atomic E-state index is 12.7. The minimum absolute atomic E-state index is 0.0648. The van der Waals surface area contributed by atoms with Gasteiger partial charge in [-0.1, -0.05) is 29.3 Å². The Morgan fingerprint density at radius 3 is 2.71 bits per heavy atom. The van der Waals surface area contributed by atoms with Gasteiger partial charge in [-0.25, -0.2) is 9.97 Å². The number of rotatable bonds is 8. The van der Waals surface area contributed by atoms with Crippen LogP contribution in [0.1, 0.15) is 18.9 Å². The van der Waals surface area contributed by atoms with Gasteiger partial charge < -0.3 is 19.9 Å². The summed E-state index contributed by atoms with van der Waals surface area (Å²) < 4.78 is 7.34. The van der Waals surface area contributed by atoms with Gasteiger partial charge in [0.1, 0.15) is 29.7 Å². The topological polar surface area (TPSA) is 105 Å². The van der Waals surface area contributed by atoms with E-state index in [0.717, 1.165) is 11.3 Å². The average Bonchev–Trinajstić information content (AvgIpc) is 3.37. The molecule has 1 aromatic carbocycles. The molecule has 1 aliphatic heterocycles. The highest BCUT2D eigenvalue weighted by atomic mass is 35.5. The van der Waals surface area contributed by atoms with E-state index in [4.69, 9.17) is 16.3 Å². The predicted molar refractivity (Wildman–Crippen MR) is 132 cm³/mol. The largest absolute Gasteiger partial charge is 0.492 e. The number of amides is 2. The van der Waals surface area contributed by atoms with E-state index in [0.29, 0.717) is 49.7 Å². The van der Waals surface area contributed by atoms with E-state index in [1.807, 2.05) is 36.1 Å². The van der Waals surface area contributed by atoms with Crippen LogP contribution < -0.4 is 15.0 Å². The van der Waals surface area contributed by atoms with Gasteiger partial charge in [0.05, 0.1) is 12.6 Å². The van der Waals surface area contributed by atoms with Crippen molar-refractivity contribution in [2.24, 2.45) is 0 Å². The third kappa shape index (κ3) is 6.48. The number of halogens is 1. The van der Waals surface area contributed by atoms with Gasteiger partial charge in [0.15, 0.2) is 0 Å². The Kier molecular flexibility index (Phi) is 7.81. The van der Waals surface area contributed by atoms with E-state index >= 15 is 0 Å². The Hall–Kier alpha value is -3.66. The zero-order chi connectivity index (χ0) is 24.8. The van der Waals surface area contributed by atoms with E-state index in [-0.39, 0.29) is 24.3 Å². The second-order valence-corrected chi connectivity index (χ2v) is 8.73. The molecule has 2 aromatic heterocycles. The van der Waals surface area contributed by atoms with Crippen LogP contribution in [0.5, 0.6) is 5.75 Å². The van der Waals surface area contributed by atoms with Crippen molar-refractivity contribution in [3.8, 4) is 11.7 Å². The molecule has 3 aromatic rings. The number of aryl methyl sites for hydroxylation is 1. The number of anilines is 1. The van der Waals surface area contributed by atoms with Crippen molar-refractivity contribution < 1.29 is 14.3 Å². The van der Waals surface area contributed by atoms with Crippen LogP contribution in [-0.2, 0) is 9.59 Å². The van der Waals surface area contributed by atoms with Gasteiger partial charge in [-0.05, 0) is 19.1 Å². The third-order valence-corrected chi connectivity index (χ3v) is 5.94. The molecule has 0 spiro atoms. The average molecular weight is 498 g/mol. The summed E-state index contributed by atoms with van der Waals surface area (Å²) in [5.41, 5.74) is 1.16. The molecule has 0 saturated carbocycles. The predicted octanol–water partition coefficient (Wildman–Crippen LogP) is 2.25. The molecule has 0 radical (unpaired) electrons. The fourth-order valence-corrected chi connectivity index (χ4v) is 4.15. The summed E-state index contributed by atoms with van der Waals surface area (Å²) in [6.07, 6.45) is 5.14. The molecule has 1 atom stereocenters. The smallest absolute Gasteiger partial charge is 0.238 e. The van der Waals surface area contributed by atoms with E-state index in [1.54, 1.807) is 34.3 Å². The lowest BCUT2D eigenvalue weighted by atomic mass is 10.1. The van der Waals surface area contributed by atoms with E-state index in [9.17, 15) is 9.59 Å². The van der Waals surface area contributed by atoms with Gasteiger partial charge in [0.25, 0.3) is 0 Å². The summed E-state index contributed by atoms with van der Waals surface area (Å²) >= 11 is 6.26. The van der Waals surface area contributed by atoms with Crippen LogP contribution >= 0.6 is 11.6 Å². The molecule has 11 heteroatoms. The van der Waals surface area contributed by atoms with Crippen LogP contribution in [0.25, 0.3) is 5.95 Å². The van der Waals surface area contributed by atoms with E-state index < -0.39 is 0 Å². The summed E-state index contributed by atoms with van der Waals surface area (Å²) in [5.74, 6) is 1.59. The lowest BCUT2D eigenvalue weighted by Gasteiger charge is -2.41. The molecule has 10 nitrogen and oxygen atoms in total. The van der Waals surface area contributed by atoms with Gasteiger partial charge in [-0.3, -0.25) is 14.2 Å². The SMILES string of the molecule is CC(=O)N1CCN(c2cc(Cl)nc(-n3ccnc3)n2)CC1CC(=O)NCCOc1ccc(C)cc1. The highest BCUT2D eigenvalue weighted by Gasteiger charge is 2.31. The first-order valence-electron chi connectivity index (χ1n) is 11.4. The molecule has 1 unspecified atom stereocenters. The third-order valence-electron chi connectivity index (χ3n) is 5.75. The Bertz CT molecular complexity index is 1150. The van der Waals surface area contributed by atoms with Crippen molar-refractivity contribution in [1.29, 1.82) is 0 Å². The summed E-state index contributed by atoms with van der Waals surface area (Å²) in [6, 6.07) is 9.13. The van der Waals surface area contributed by atoms with Crippen LogP contribution in [0.15, 0.2) is 49.1 Å². The second kappa shape index (κ2) is 11.2. The number of piperazine rings is 1. The Labute approximate surface area is 208 Å². The standard InChI is InChI=1S/C24H28ClN7O3/c1-17-3-5-20(6-4-17)35-12-8-27-23(34)13-19-15-30(10-11-32(19)18(2)33)22-14-21(25)28-24(29-22)31-9-7-26-16-31/h3-7,9,14,16,19H,8,10-13,15H2,1-2H3,(H,27,34). The number of imidazole rings is 1. The number of ether oxygens (including phenoxy) is 1. The molecule has 1 saturated heterocycles. The van der Waals surface area contributed by atoms with E-state index in [1.165, 1.54) is 6.92 Å². The summed E-state index contributed by atoms with van der Waals surface area (Å²) in [7, 11) is 0. The quantitative estimate of drug-likeness (QED) is 0.376. The zero-order valence-electron chi connectivity index (χ0n) is 19.7.